The van der Waals surface area contributed by atoms with Crippen LogP contribution >= 0.6 is 11.6 Å². The molecule has 204 valence electrons. The van der Waals surface area contributed by atoms with Gasteiger partial charge in [-0.15, -0.1) is 0 Å². The molecule has 0 aromatic heterocycles. The Hall–Kier alpha value is -4.16. The van der Waals surface area contributed by atoms with E-state index >= 15 is 0 Å². The Bertz CT molecular complexity index is 1520. The van der Waals surface area contributed by atoms with Crippen LogP contribution in [-0.4, -0.2) is 41.8 Å². The van der Waals surface area contributed by atoms with Gasteiger partial charge in [0.2, 0.25) is 11.8 Å². The maximum Gasteiger partial charge on any atom is 0.259 e. The molecule has 0 fully saturated rings. The molecule has 0 bridgehead atoms. The van der Waals surface area contributed by atoms with Crippen molar-refractivity contribution in [2.75, 3.05) is 18.0 Å². The van der Waals surface area contributed by atoms with Crippen molar-refractivity contribution in [3.63, 3.8) is 0 Å². The summed E-state index contributed by atoms with van der Waals surface area (Å²) in [5.74, 6) is -0.726. The molecule has 0 saturated heterocycles. The average molecular weight is 554 g/mol. The molecular weight excluding hydrogens is 522 g/mol. The zero-order valence-corrected chi connectivity index (χ0v) is 23.2. The van der Waals surface area contributed by atoms with Gasteiger partial charge in [0.15, 0.2) is 0 Å². The number of benzene rings is 4. The summed E-state index contributed by atoms with van der Waals surface area (Å²) in [5, 5.41) is 5.43. The Labute approximate surface area is 239 Å². The van der Waals surface area contributed by atoms with Crippen molar-refractivity contribution in [3.8, 4) is 0 Å². The third-order valence-corrected chi connectivity index (χ3v) is 7.56. The number of nitrogens with one attached hydrogen (secondary N) is 1. The minimum absolute atomic E-state index is 0.173. The highest BCUT2D eigenvalue weighted by molar-refractivity contribution is 6.30. The Morgan fingerprint density at radius 1 is 0.900 bits per heavy atom. The van der Waals surface area contributed by atoms with E-state index in [1.165, 1.54) is 4.90 Å². The standard InChI is InChI=1S/C33H32ClN3O3/c1-2-3-19-35-32(39)29(20-23-9-5-4-6-10-23)36(21-24-15-17-26(34)18-16-24)30(38)22-37-28-14-8-12-25-11-7-13-27(31(25)28)33(37)40/h4-18,29H,2-3,19-22H2,1H3,(H,35,39)/t29-/m1/s1. The number of carbonyl (C=O) groups is 3. The number of rotatable bonds is 11. The van der Waals surface area contributed by atoms with Gasteiger partial charge >= 0.3 is 0 Å². The van der Waals surface area contributed by atoms with Crippen LogP contribution in [0.3, 0.4) is 0 Å². The third-order valence-electron chi connectivity index (χ3n) is 7.31. The second-order valence-corrected chi connectivity index (χ2v) is 10.5. The summed E-state index contributed by atoms with van der Waals surface area (Å²) in [4.78, 5) is 44.4. The molecule has 0 unspecified atom stereocenters. The lowest BCUT2D eigenvalue weighted by Crippen LogP contribution is -2.53. The lowest BCUT2D eigenvalue weighted by Gasteiger charge is -2.33. The molecule has 40 heavy (non-hydrogen) atoms. The molecule has 7 heteroatoms. The van der Waals surface area contributed by atoms with Gasteiger partial charge in [0.1, 0.15) is 12.6 Å². The van der Waals surface area contributed by atoms with Crippen LogP contribution in [0, 0.1) is 0 Å². The molecule has 5 rings (SSSR count). The van der Waals surface area contributed by atoms with Gasteiger partial charge in [0.05, 0.1) is 5.69 Å². The topological polar surface area (TPSA) is 69.7 Å². The van der Waals surface area contributed by atoms with Gasteiger partial charge in [-0.1, -0.05) is 91.7 Å². The van der Waals surface area contributed by atoms with Crippen molar-refractivity contribution in [1.29, 1.82) is 0 Å². The molecule has 1 atom stereocenters. The molecule has 0 spiro atoms. The summed E-state index contributed by atoms with van der Waals surface area (Å²) in [6, 6.07) is 27.5. The number of unbranched alkanes of at least 4 members (excludes halogenated alkanes) is 1. The highest BCUT2D eigenvalue weighted by atomic mass is 35.5. The quantitative estimate of drug-likeness (QED) is 0.231. The Kier molecular flexibility index (Phi) is 8.46. The highest BCUT2D eigenvalue weighted by Gasteiger charge is 2.35. The lowest BCUT2D eigenvalue weighted by atomic mass is 10.0. The monoisotopic (exact) mass is 553 g/mol. The van der Waals surface area contributed by atoms with Crippen molar-refractivity contribution >= 4 is 45.8 Å². The highest BCUT2D eigenvalue weighted by Crippen LogP contribution is 2.37. The molecule has 4 aromatic rings. The van der Waals surface area contributed by atoms with Gasteiger partial charge < -0.3 is 10.2 Å². The molecule has 0 aliphatic carbocycles. The van der Waals surface area contributed by atoms with Gasteiger partial charge in [-0.25, -0.2) is 0 Å². The minimum atomic E-state index is -0.765. The lowest BCUT2D eigenvalue weighted by molar-refractivity contribution is -0.140. The van der Waals surface area contributed by atoms with E-state index in [1.807, 2.05) is 72.8 Å². The van der Waals surface area contributed by atoms with Crippen molar-refractivity contribution in [3.05, 3.63) is 113 Å². The number of halogens is 1. The third kappa shape index (κ3) is 5.87. The fourth-order valence-electron chi connectivity index (χ4n) is 5.21. The molecule has 3 amide bonds. The number of anilines is 1. The average Bonchev–Trinajstić information content (AvgIpc) is 3.24. The SMILES string of the molecule is CCCCNC(=O)[C@@H](Cc1ccccc1)N(Cc1ccc(Cl)cc1)C(=O)CN1C(=O)c2cccc3cccc1c23. The molecule has 0 saturated carbocycles. The van der Waals surface area contributed by atoms with Crippen LogP contribution in [0.2, 0.25) is 5.02 Å². The first-order chi connectivity index (χ1) is 19.5. The molecule has 6 nitrogen and oxygen atoms in total. The van der Waals surface area contributed by atoms with Gasteiger partial charge in [-0.2, -0.15) is 0 Å². The van der Waals surface area contributed by atoms with Crippen LogP contribution in [0.15, 0.2) is 91.0 Å². The van der Waals surface area contributed by atoms with E-state index in [4.69, 9.17) is 11.6 Å². The number of hydrogen-bond donors (Lipinski definition) is 1. The van der Waals surface area contributed by atoms with E-state index in [1.54, 1.807) is 23.1 Å². The van der Waals surface area contributed by atoms with Crippen LogP contribution < -0.4 is 10.2 Å². The largest absolute Gasteiger partial charge is 0.354 e. The van der Waals surface area contributed by atoms with E-state index in [0.29, 0.717) is 29.2 Å². The first kappa shape index (κ1) is 27.4. The molecule has 1 heterocycles. The first-order valence-corrected chi connectivity index (χ1v) is 14.0. The maximum atomic E-state index is 14.2. The summed E-state index contributed by atoms with van der Waals surface area (Å²) < 4.78 is 0. The van der Waals surface area contributed by atoms with Crippen LogP contribution in [0.25, 0.3) is 10.8 Å². The van der Waals surface area contributed by atoms with Crippen LogP contribution in [0.5, 0.6) is 0 Å². The molecular formula is C33H32ClN3O3. The molecule has 1 N–H and O–H groups in total. The van der Waals surface area contributed by atoms with Gasteiger partial charge in [-0.3, -0.25) is 19.3 Å². The van der Waals surface area contributed by atoms with Crippen LogP contribution in [0.1, 0.15) is 41.3 Å². The normalized spacial score (nSPS) is 12.9. The minimum Gasteiger partial charge on any atom is -0.354 e. The predicted molar refractivity (Wildman–Crippen MR) is 159 cm³/mol. The summed E-state index contributed by atoms with van der Waals surface area (Å²) in [6.07, 6.45) is 2.14. The zero-order valence-electron chi connectivity index (χ0n) is 22.5. The van der Waals surface area contributed by atoms with Gasteiger partial charge in [0.25, 0.3) is 5.91 Å². The smallest absolute Gasteiger partial charge is 0.259 e. The molecule has 1 aliphatic heterocycles. The van der Waals surface area contributed by atoms with Gasteiger partial charge in [0, 0.05) is 35.5 Å². The summed E-state index contributed by atoms with van der Waals surface area (Å²) in [6.45, 7) is 2.63. The van der Waals surface area contributed by atoms with Crippen molar-refractivity contribution < 1.29 is 14.4 Å². The van der Waals surface area contributed by atoms with Crippen molar-refractivity contribution in [2.45, 2.75) is 38.8 Å². The second-order valence-electron chi connectivity index (χ2n) is 10.1. The van der Waals surface area contributed by atoms with Crippen molar-refractivity contribution in [1.82, 2.24) is 10.2 Å². The Morgan fingerprint density at radius 2 is 1.62 bits per heavy atom. The van der Waals surface area contributed by atoms with Crippen LogP contribution in [-0.2, 0) is 22.6 Å². The van der Waals surface area contributed by atoms with E-state index < -0.39 is 6.04 Å². The van der Waals surface area contributed by atoms with Crippen LogP contribution in [0.4, 0.5) is 5.69 Å². The molecule has 4 aromatic carbocycles. The first-order valence-electron chi connectivity index (χ1n) is 13.7. The Morgan fingerprint density at radius 3 is 2.35 bits per heavy atom. The van der Waals surface area contributed by atoms with Crippen molar-refractivity contribution in [2.24, 2.45) is 0 Å². The zero-order chi connectivity index (χ0) is 28.1. The van der Waals surface area contributed by atoms with Gasteiger partial charge in [-0.05, 0) is 47.2 Å². The van der Waals surface area contributed by atoms with E-state index in [0.717, 1.165) is 34.7 Å². The van der Waals surface area contributed by atoms with E-state index in [2.05, 4.69) is 12.2 Å². The fraction of sp³-hybridized carbons (Fsp3) is 0.242. The summed E-state index contributed by atoms with van der Waals surface area (Å²) in [5.41, 5.74) is 3.09. The number of amides is 3. The number of hydrogen-bond acceptors (Lipinski definition) is 3. The summed E-state index contributed by atoms with van der Waals surface area (Å²) >= 11 is 6.13. The molecule has 1 aliphatic rings. The summed E-state index contributed by atoms with van der Waals surface area (Å²) in [7, 11) is 0. The maximum absolute atomic E-state index is 14.2. The van der Waals surface area contributed by atoms with E-state index in [9.17, 15) is 14.4 Å². The van der Waals surface area contributed by atoms with E-state index in [-0.39, 0.29) is 30.8 Å². The number of nitrogens with zero attached hydrogens (tertiary/aromatic N) is 2. The Balaban J connectivity index is 1.49. The predicted octanol–water partition coefficient (Wildman–Crippen LogP) is 6.01. The fourth-order valence-corrected chi connectivity index (χ4v) is 5.33. The second kappa shape index (κ2) is 12.3. The molecule has 0 radical (unpaired) electrons. The number of carbonyl (C=O) groups excluding carboxylic acids is 3.